The highest BCUT2D eigenvalue weighted by Gasteiger charge is 2.09. The number of rotatable bonds is 5. The monoisotopic (exact) mass is 330 g/mol. The van der Waals surface area contributed by atoms with Crippen molar-refractivity contribution in [3.05, 3.63) is 50.1 Å². The predicted octanol–water partition coefficient (Wildman–Crippen LogP) is 4.34. The molecule has 0 atom stereocenters. The van der Waals surface area contributed by atoms with Gasteiger partial charge in [-0.2, -0.15) is 0 Å². The molecule has 0 aliphatic carbocycles. The largest absolute Gasteiger partial charge is 0.389 e. The summed E-state index contributed by atoms with van der Waals surface area (Å²) in [5, 5.41) is 3.87. The van der Waals surface area contributed by atoms with Crippen LogP contribution < -0.4 is 11.1 Å². The van der Waals surface area contributed by atoms with Gasteiger partial charge in [0, 0.05) is 17.1 Å². The summed E-state index contributed by atoms with van der Waals surface area (Å²) < 4.78 is 0.807. The number of halogens is 2. The molecule has 0 spiro atoms. The van der Waals surface area contributed by atoms with Gasteiger partial charge in [0.25, 0.3) is 0 Å². The maximum absolute atomic E-state index is 6.10. The summed E-state index contributed by atoms with van der Waals surface area (Å²) in [5.74, 6) is 0. The molecule has 3 N–H and O–H groups in total. The average Bonchev–Trinajstić information content (AvgIpc) is 2.74. The number of thiocarbonyl (C=S) groups is 1. The molecule has 2 rings (SSSR count). The van der Waals surface area contributed by atoms with Crippen LogP contribution in [0.4, 0.5) is 5.69 Å². The first-order valence-electron chi connectivity index (χ1n) is 5.64. The summed E-state index contributed by atoms with van der Waals surface area (Å²) in [6, 6.07) is 9.50. The third-order valence-corrected chi connectivity index (χ3v) is 4.39. The molecule has 19 heavy (non-hydrogen) atoms. The van der Waals surface area contributed by atoms with Crippen LogP contribution in [-0.4, -0.2) is 11.5 Å². The number of nitrogens with one attached hydrogen (secondary N) is 1. The van der Waals surface area contributed by atoms with Gasteiger partial charge in [0.05, 0.1) is 14.9 Å². The first-order chi connectivity index (χ1) is 9.08. The maximum atomic E-state index is 6.10. The molecule has 2 aromatic rings. The van der Waals surface area contributed by atoms with Crippen molar-refractivity contribution in [3.8, 4) is 0 Å². The van der Waals surface area contributed by atoms with Crippen molar-refractivity contribution in [3.63, 3.8) is 0 Å². The zero-order valence-electron chi connectivity index (χ0n) is 9.95. The summed E-state index contributed by atoms with van der Waals surface area (Å²) >= 11 is 18.6. The van der Waals surface area contributed by atoms with E-state index in [0.29, 0.717) is 15.6 Å². The van der Waals surface area contributed by atoms with Gasteiger partial charge >= 0.3 is 0 Å². The van der Waals surface area contributed by atoms with Crippen molar-refractivity contribution < 1.29 is 0 Å². The SMILES string of the molecule is NC(=S)c1c(Cl)cccc1NCCc1ccc(Cl)s1. The van der Waals surface area contributed by atoms with Crippen molar-refractivity contribution in [2.45, 2.75) is 6.42 Å². The molecule has 0 fully saturated rings. The van der Waals surface area contributed by atoms with Gasteiger partial charge < -0.3 is 11.1 Å². The van der Waals surface area contributed by atoms with Gasteiger partial charge in [-0.15, -0.1) is 11.3 Å². The topological polar surface area (TPSA) is 38.0 Å². The van der Waals surface area contributed by atoms with E-state index in [1.165, 1.54) is 4.88 Å². The third-order valence-electron chi connectivity index (χ3n) is 2.58. The second kappa shape index (κ2) is 6.57. The fourth-order valence-corrected chi connectivity index (χ4v) is 3.37. The Balaban J connectivity index is 2.03. The molecule has 0 radical (unpaired) electrons. The number of anilines is 1. The van der Waals surface area contributed by atoms with Crippen LogP contribution in [0.15, 0.2) is 30.3 Å². The van der Waals surface area contributed by atoms with Crippen molar-refractivity contribution >= 4 is 57.4 Å². The molecule has 0 saturated heterocycles. The van der Waals surface area contributed by atoms with E-state index in [4.69, 9.17) is 41.2 Å². The van der Waals surface area contributed by atoms with Crippen LogP contribution in [0.25, 0.3) is 0 Å². The van der Waals surface area contributed by atoms with Gasteiger partial charge in [-0.25, -0.2) is 0 Å². The smallest absolute Gasteiger partial charge is 0.107 e. The molecular weight excluding hydrogens is 319 g/mol. The van der Waals surface area contributed by atoms with Crippen molar-refractivity contribution in [1.29, 1.82) is 0 Å². The first kappa shape index (κ1) is 14.6. The molecular formula is C13H12Cl2N2S2. The van der Waals surface area contributed by atoms with E-state index >= 15 is 0 Å². The average molecular weight is 331 g/mol. The van der Waals surface area contributed by atoms with E-state index < -0.39 is 0 Å². The molecule has 2 nitrogen and oxygen atoms in total. The summed E-state index contributed by atoms with van der Waals surface area (Å²) in [6.45, 7) is 0.771. The van der Waals surface area contributed by atoms with E-state index in [1.54, 1.807) is 17.4 Å². The van der Waals surface area contributed by atoms with Crippen LogP contribution in [0.1, 0.15) is 10.4 Å². The molecule has 0 bridgehead atoms. The van der Waals surface area contributed by atoms with Gasteiger partial charge in [-0.3, -0.25) is 0 Å². The summed E-state index contributed by atoms with van der Waals surface area (Å²) in [7, 11) is 0. The second-order valence-electron chi connectivity index (χ2n) is 3.91. The minimum atomic E-state index is 0.298. The Morgan fingerprint density at radius 2 is 2.05 bits per heavy atom. The van der Waals surface area contributed by atoms with Crippen LogP contribution >= 0.6 is 46.8 Å². The van der Waals surface area contributed by atoms with Gasteiger partial charge in [0.1, 0.15) is 4.99 Å². The van der Waals surface area contributed by atoms with Crippen LogP contribution in [0, 0.1) is 0 Å². The molecule has 0 aliphatic rings. The van der Waals surface area contributed by atoms with E-state index in [2.05, 4.69) is 5.32 Å². The molecule has 0 unspecified atom stereocenters. The minimum absolute atomic E-state index is 0.298. The zero-order chi connectivity index (χ0) is 13.8. The highest BCUT2D eigenvalue weighted by Crippen LogP contribution is 2.25. The molecule has 1 aromatic heterocycles. The highest BCUT2D eigenvalue weighted by molar-refractivity contribution is 7.80. The van der Waals surface area contributed by atoms with Crippen molar-refractivity contribution in [2.75, 3.05) is 11.9 Å². The summed E-state index contributed by atoms with van der Waals surface area (Å²) in [4.78, 5) is 1.53. The lowest BCUT2D eigenvalue weighted by molar-refractivity contribution is 1.04. The fraction of sp³-hybridized carbons (Fsp3) is 0.154. The van der Waals surface area contributed by atoms with Crippen LogP contribution in [-0.2, 0) is 6.42 Å². The van der Waals surface area contributed by atoms with Crippen LogP contribution in [0.5, 0.6) is 0 Å². The number of thiophene rings is 1. The van der Waals surface area contributed by atoms with Crippen molar-refractivity contribution in [1.82, 2.24) is 0 Å². The predicted molar refractivity (Wildman–Crippen MR) is 88.9 cm³/mol. The van der Waals surface area contributed by atoms with Crippen molar-refractivity contribution in [2.24, 2.45) is 5.73 Å². The number of nitrogens with two attached hydrogens (primary N) is 1. The van der Waals surface area contributed by atoms with E-state index in [9.17, 15) is 0 Å². The standard InChI is InChI=1S/C13H12Cl2N2S2/c14-9-2-1-3-10(12(9)13(16)18)17-7-6-8-4-5-11(15)19-8/h1-5,17H,6-7H2,(H2,16,18). The Bertz CT molecular complexity index is 596. The van der Waals surface area contributed by atoms with Gasteiger partial charge in [-0.1, -0.05) is 41.5 Å². The molecule has 1 aromatic carbocycles. The van der Waals surface area contributed by atoms with Crippen LogP contribution in [0.2, 0.25) is 9.36 Å². The summed E-state index contributed by atoms with van der Waals surface area (Å²) in [6.07, 6.45) is 0.890. The molecule has 100 valence electrons. The summed E-state index contributed by atoms with van der Waals surface area (Å²) in [5.41, 5.74) is 7.25. The number of hydrogen-bond donors (Lipinski definition) is 2. The lowest BCUT2D eigenvalue weighted by atomic mass is 10.1. The highest BCUT2D eigenvalue weighted by atomic mass is 35.5. The number of hydrogen-bond acceptors (Lipinski definition) is 3. The van der Waals surface area contributed by atoms with Crippen LogP contribution in [0.3, 0.4) is 0 Å². The quantitative estimate of drug-likeness (QED) is 0.800. The molecule has 0 aliphatic heterocycles. The second-order valence-corrected chi connectivity index (χ2v) is 6.56. The molecule has 0 amide bonds. The Hall–Kier alpha value is -0.810. The lowest BCUT2D eigenvalue weighted by Gasteiger charge is -2.12. The Morgan fingerprint density at radius 1 is 1.26 bits per heavy atom. The maximum Gasteiger partial charge on any atom is 0.107 e. The van der Waals surface area contributed by atoms with Gasteiger partial charge in [0.15, 0.2) is 0 Å². The van der Waals surface area contributed by atoms with Gasteiger partial charge in [0.2, 0.25) is 0 Å². The normalized spacial score (nSPS) is 10.4. The zero-order valence-corrected chi connectivity index (χ0v) is 13.1. The Kier molecular flexibility index (Phi) is 5.05. The molecule has 1 heterocycles. The first-order valence-corrected chi connectivity index (χ1v) is 7.62. The van der Waals surface area contributed by atoms with Gasteiger partial charge in [-0.05, 0) is 30.7 Å². The Labute approximate surface area is 131 Å². The molecule has 0 saturated carbocycles. The Morgan fingerprint density at radius 3 is 2.68 bits per heavy atom. The third kappa shape index (κ3) is 3.83. The fourth-order valence-electron chi connectivity index (χ4n) is 1.73. The van der Waals surface area contributed by atoms with E-state index in [0.717, 1.165) is 23.0 Å². The number of benzene rings is 1. The van der Waals surface area contributed by atoms with E-state index in [1.807, 2.05) is 24.3 Å². The van der Waals surface area contributed by atoms with E-state index in [-0.39, 0.29) is 0 Å². The molecule has 6 heteroatoms. The lowest BCUT2D eigenvalue weighted by Crippen LogP contribution is -2.15. The minimum Gasteiger partial charge on any atom is -0.389 e.